The molecule has 0 saturated carbocycles. The van der Waals surface area contributed by atoms with Crippen LogP contribution >= 0.6 is 0 Å². The zero-order chi connectivity index (χ0) is 14.5. The van der Waals surface area contributed by atoms with Crippen molar-refractivity contribution in [2.24, 2.45) is 0 Å². The first kappa shape index (κ1) is 15.0. The van der Waals surface area contributed by atoms with Gasteiger partial charge < -0.3 is 9.63 Å². The van der Waals surface area contributed by atoms with Crippen LogP contribution in [-0.4, -0.2) is 71.3 Å². The minimum absolute atomic E-state index is 0.0863. The number of aromatic nitrogens is 1. The molecule has 1 aliphatic rings. The minimum Gasteiger partial charge on any atom is -0.395 e. The van der Waals surface area contributed by atoms with E-state index >= 15 is 0 Å². The molecule has 1 aromatic rings. The van der Waals surface area contributed by atoms with E-state index < -0.39 is 0 Å². The van der Waals surface area contributed by atoms with Gasteiger partial charge in [-0.2, -0.15) is 0 Å². The van der Waals surface area contributed by atoms with E-state index in [0.717, 1.165) is 31.9 Å². The van der Waals surface area contributed by atoms with Crippen molar-refractivity contribution in [2.45, 2.75) is 19.9 Å². The molecule has 1 atom stereocenters. The number of anilines is 1. The van der Waals surface area contributed by atoms with Crippen LogP contribution in [0.3, 0.4) is 0 Å². The third-order valence-corrected chi connectivity index (χ3v) is 3.62. The van der Waals surface area contributed by atoms with Gasteiger partial charge in [0.1, 0.15) is 0 Å². The number of nitrogens with zero attached hydrogens (tertiary/aromatic N) is 3. The molecule has 2 rings (SSSR count). The summed E-state index contributed by atoms with van der Waals surface area (Å²) in [6.07, 6.45) is 0. The molecule has 7 nitrogen and oxygen atoms in total. The number of hydrogen-bond donors (Lipinski definition) is 2. The average molecular weight is 282 g/mol. The van der Waals surface area contributed by atoms with E-state index in [2.05, 4.69) is 20.3 Å². The topological polar surface area (TPSA) is 81.8 Å². The number of aryl methyl sites for hydroxylation is 1. The van der Waals surface area contributed by atoms with Crippen LogP contribution in [-0.2, 0) is 4.79 Å². The number of hydrogen-bond acceptors (Lipinski definition) is 6. The van der Waals surface area contributed by atoms with E-state index in [9.17, 15) is 4.79 Å². The second-order valence-electron chi connectivity index (χ2n) is 5.10. The maximum Gasteiger partial charge on any atom is 0.243 e. The fraction of sp³-hybridized carbons (Fsp3) is 0.692. The number of β-amino-alcohol motifs (C(OH)–C–C–N with tert-alkyl or cyclic N) is 1. The Morgan fingerprint density at radius 3 is 2.75 bits per heavy atom. The summed E-state index contributed by atoms with van der Waals surface area (Å²) in [6.45, 7) is 7.98. The highest BCUT2D eigenvalue weighted by Crippen LogP contribution is 2.11. The van der Waals surface area contributed by atoms with Gasteiger partial charge in [0.15, 0.2) is 0 Å². The molecule has 0 spiro atoms. The van der Waals surface area contributed by atoms with Crippen LogP contribution < -0.4 is 5.32 Å². The zero-order valence-corrected chi connectivity index (χ0v) is 12.0. The number of rotatable bonds is 5. The molecule has 0 aliphatic carbocycles. The van der Waals surface area contributed by atoms with Crippen molar-refractivity contribution in [1.82, 2.24) is 15.0 Å². The highest BCUT2D eigenvalue weighted by atomic mass is 16.5. The maximum absolute atomic E-state index is 12.1. The van der Waals surface area contributed by atoms with Crippen LogP contribution in [0.4, 0.5) is 5.88 Å². The number of amides is 1. The summed E-state index contributed by atoms with van der Waals surface area (Å²) in [5.41, 5.74) is 0.741. The Morgan fingerprint density at radius 2 is 2.20 bits per heavy atom. The highest BCUT2D eigenvalue weighted by Gasteiger charge is 2.25. The van der Waals surface area contributed by atoms with E-state index in [1.165, 1.54) is 0 Å². The Bertz CT molecular complexity index is 441. The molecule has 0 radical (unpaired) electrons. The van der Waals surface area contributed by atoms with Crippen LogP contribution in [0.2, 0.25) is 0 Å². The SMILES string of the molecule is Cc1cc(NC(=O)C(C)N2CCN(CCO)CC2)on1. The first-order chi connectivity index (χ1) is 9.60. The van der Waals surface area contributed by atoms with Gasteiger partial charge in [-0.3, -0.25) is 19.9 Å². The molecular formula is C13H22N4O3. The van der Waals surface area contributed by atoms with E-state index in [4.69, 9.17) is 9.63 Å². The average Bonchev–Trinajstić information content (AvgIpc) is 2.84. The quantitative estimate of drug-likeness (QED) is 0.786. The summed E-state index contributed by atoms with van der Waals surface area (Å²) in [4.78, 5) is 16.5. The molecule has 2 heterocycles. The Balaban J connectivity index is 1.82. The number of aliphatic hydroxyl groups is 1. The molecule has 0 aromatic carbocycles. The predicted molar refractivity (Wildman–Crippen MR) is 74.4 cm³/mol. The summed E-state index contributed by atoms with van der Waals surface area (Å²) in [7, 11) is 0. The van der Waals surface area contributed by atoms with Crippen molar-refractivity contribution in [1.29, 1.82) is 0 Å². The van der Waals surface area contributed by atoms with Crippen LogP contribution in [0, 0.1) is 6.92 Å². The van der Waals surface area contributed by atoms with Gasteiger partial charge in [0, 0.05) is 38.8 Å². The Kier molecular flexibility index (Phi) is 5.11. The molecule has 1 aromatic heterocycles. The van der Waals surface area contributed by atoms with Gasteiger partial charge in [-0.1, -0.05) is 5.16 Å². The molecule has 20 heavy (non-hydrogen) atoms. The molecule has 7 heteroatoms. The number of carbonyl (C=O) groups is 1. The van der Waals surface area contributed by atoms with Gasteiger partial charge in [-0.15, -0.1) is 0 Å². The van der Waals surface area contributed by atoms with Crippen LogP contribution in [0.5, 0.6) is 0 Å². The minimum atomic E-state index is -0.211. The summed E-state index contributed by atoms with van der Waals surface area (Å²) in [5, 5.41) is 15.4. The van der Waals surface area contributed by atoms with Crippen molar-refractivity contribution >= 4 is 11.8 Å². The number of piperazine rings is 1. The summed E-state index contributed by atoms with van der Waals surface area (Å²) < 4.78 is 4.98. The predicted octanol–water partition coefficient (Wildman–Crippen LogP) is -0.0801. The van der Waals surface area contributed by atoms with Crippen molar-refractivity contribution in [3.05, 3.63) is 11.8 Å². The van der Waals surface area contributed by atoms with Gasteiger partial charge in [-0.25, -0.2) is 0 Å². The van der Waals surface area contributed by atoms with Gasteiger partial charge in [0.05, 0.1) is 18.3 Å². The summed E-state index contributed by atoms with van der Waals surface area (Å²) >= 11 is 0. The third-order valence-electron chi connectivity index (χ3n) is 3.62. The van der Waals surface area contributed by atoms with Crippen molar-refractivity contribution in [2.75, 3.05) is 44.6 Å². The molecule has 1 amide bonds. The zero-order valence-electron chi connectivity index (χ0n) is 12.0. The number of carbonyl (C=O) groups excluding carboxylic acids is 1. The molecule has 1 saturated heterocycles. The number of aliphatic hydroxyl groups excluding tert-OH is 1. The van der Waals surface area contributed by atoms with Crippen LogP contribution in [0.15, 0.2) is 10.6 Å². The van der Waals surface area contributed by atoms with E-state index in [1.807, 2.05) is 13.8 Å². The second-order valence-corrected chi connectivity index (χ2v) is 5.10. The van der Waals surface area contributed by atoms with Gasteiger partial charge in [-0.05, 0) is 13.8 Å². The monoisotopic (exact) mass is 282 g/mol. The first-order valence-electron chi connectivity index (χ1n) is 6.91. The lowest BCUT2D eigenvalue weighted by Crippen LogP contribution is -2.53. The lowest BCUT2D eigenvalue weighted by atomic mass is 10.2. The second kappa shape index (κ2) is 6.83. The third kappa shape index (κ3) is 3.78. The van der Waals surface area contributed by atoms with Crippen LogP contribution in [0.1, 0.15) is 12.6 Å². The fourth-order valence-electron chi connectivity index (χ4n) is 2.33. The van der Waals surface area contributed by atoms with Crippen LogP contribution in [0.25, 0.3) is 0 Å². The summed E-state index contributed by atoms with van der Waals surface area (Å²) in [6, 6.07) is 1.49. The van der Waals surface area contributed by atoms with Gasteiger partial charge >= 0.3 is 0 Å². The maximum atomic E-state index is 12.1. The van der Waals surface area contributed by atoms with E-state index in [0.29, 0.717) is 12.4 Å². The van der Waals surface area contributed by atoms with Crippen molar-refractivity contribution in [3.8, 4) is 0 Å². The van der Waals surface area contributed by atoms with Crippen molar-refractivity contribution < 1.29 is 14.4 Å². The normalized spacial score (nSPS) is 18.9. The van der Waals surface area contributed by atoms with Gasteiger partial charge in [0.2, 0.25) is 11.8 Å². The van der Waals surface area contributed by atoms with Gasteiger partial charge in [0.25, 0.3) is 0 Å². The molecule has 1 unspecified atom stereocenters. The Morgan fingerprint density at radius 1 is 1.50 bits per heavy atom. The standard InChI is InChI=1S/C13H22N4O3/c1-10-9-12(20-15-10)14-13(19)11(2)17-5-3-16(4-6-17)7-8-18/h9,11,18H,3-8H2,1-2H3,(H,14,19). The van der Waals surface area contributed by atoms with Crippen molar-refractivity contribution in [3.63, 3.8) is 0 Å². The largest absolute Gasteiger partial charge is 0.395 e. The molecule has 0 bridgehead atoms. The lowest BCUT2D eigenvalue weighted by molar-refractivity contribution is -0.121. The Labute approximate surface area is 118 Å². The smallest absolute Gasteiger partial charge is 0.243 e. The molecule has 1 fully saturated rings. The fourth-order valence-corrected chi connectivity index (χ4v) is 2.33. The first-order valence-corrected chi connectivity index (χ1v) is 6.91. The summed E-state index contributed by atoms with van der Waals surface area (Å²) in [5.74, 6) is 0.301. The van der Waals surface area contributed by atoms with E-state index in [-0.39, 0.29) is 18.6 Å². The molecule has 1 aliphatic heterocycles. The number of nitrogens with one attached hydrogen (secondary N) is 1. The van der Waals surface area contributed by atoms with E-state index in [1.54, 1.807) is 6.07 Å². The highest BCUT2D eigenvalue weighted by molar-refractivity contribution is 5.93. The molecular weight excluding hydrogens is 260 g/mol. The molecule has 2 N–H and O–H groups in total. The lowest BCUT2D eigenvalue weighted by Gasteiger charge is -2.37. The molecule has 112 valence electrons. The Hall–Kier alpha value is -1.44.